The Morgan fingerprint density at radius 1 is 1.28 bits per heavy atom. The van der Waals surface area contributed by atoms with Crippen molar-refractivity contribution in [3.8, 4) is 11.5 Å². The standard InChI is InChI=1S/C23H25N3O6/c1-13-10-18(25-32-13)26-12-23-8-6-16(31-23)19(20(23)22(26)28)21(27)24-9-7-14-4-5-15(29-2)17(11-14)30-3/h4-6,8,10-11,16,19-20H,7,9,12H2,1-3H3,(H,24,27)/t16-,19-,20-,23+/m1/s1. The Balaban J connectivity index is 1.27. The summed E-state index contributed by atoms with van der Waals surface area (Å²) in [5, 5.41) is 6.95. The van der Waals surface area contributed by atoms with E-state index >= 15 is 0 Å². The van der Waals surface area contributed by atoms with Gasteiger partial charge in [-0.1, -0.05) is 23.4 Å². The van der Waals surface area contributed by atoms with Crippen molar-refractivity contribution in [2.24, 2.45) is 11.8 Å². The van der Waals surface area contributed by atoms with Gasteiger partial charge in [-0.25, -0.2) is 0 Å². The average Bonchev–Trinajstić information content (AvgIpc) is 3.54. The Hall–Kier alpha value is -3.33. The number of aromatic nitrogens is 1. The molecule has 9 heteroatoms. The fourth-order valence-corrected chi connectivity index (χ4v) is 4.96. The molecule has 2 bridgehead atoms. The van der Waals surface area contributed by atoms with Crippen molar-refractivity contribution in [1.29, 1.82) is 0 Å². The molecule has 168 valence electrons. The third-order valence-corrected chi connectivity index (χ3v) is 6.46. The molecule has 0 aliphatic carbocycles. The minimum absolute atomic E-state index is 0.162. The Kier molecular flexibility index (Phi) is 4.93. The summed E-state index contributed by atoms with van der Waals surface area (Å²) >= 11 is 0. The van der Waals surface area contributed by atoms with Crippen molar-refractivity contribution < 1.29 is 28.3 Å². The van der Waals surface area contributed by atoms with Gasteiger partial charge in [-0.3, -0.25) is 14.5 Å². The number of hydrogen-bond donors (Lipinski definition) is 1. The third kappa shape index (κ3) is 3.15. The molecule has 1 aromatic carbocycles. The van der Waals surface area contributed by atoms with Crippen LogP contribution in [0.1, 0.15) is 11.3 Å². The molecular weight excluding hydrogens is 414 g/mol. The van der Waals surface area contributed by atoms with E-state index in [-0.39, 0.29) is 11.8 Å². The summed E-state index contributed by atoms with van der Waals surface area (Å²) < 4.78 is 21.9. The molecule has 2 saturated heterocycles. The first-order valence-electron chi connectivity index (χ1n) is 10.6. The fourth-order valence-electron chi connectivity index (χ4n) is 4.96. The normalized spacial score (nSPS) is 27.7. The number of benzene rings is 1. The SMILES string of the molecule is COc1ccc(CCNC(=O)[C@@H]2[C@H]3C=C[C@@]4(CN(c5cc(C)on5)C(=O)[C@@H]24)O3)cc1OC. The summed E-state index contributed by atoms with van der Waals surface area (Å²) in [6.45, 7) is 2.53. The first kappa shape index (κ1) is 20.6. The van der Waals surface area contributed by atoms with Gasteiger partial charge >= 0.3 is 0 Å². The van der Waals surface area contributed by atoms with E-state index in [2.05, 4.69) is 10.5 Å². The van der Waals surface area contributed by atoms with Gasteiger partial charge < -0.3 is 24.1 Å². The zero-order valence-electron chi connectivity index (χ0n) is 18.2. The highest BCUT2D eigenvalue weighted by molar-refractivity contribution is 6.02. The van der Waals surface area contributed by atoms with Crippen LogP contribution in [0, 0.1) is 18.8 Å². The fraction of sp³-hybridized carbons (Fsp3) is 0.435. The van der Waals surface area contributed by atoms with Gasteiger partial charge in [0.2, 0.25) is 11.8 Å². The zero-order chi connectivity index (χ0) is 22.5. The second-order valence-electron chi connectivity index (χ2n) is 8.35. The highest BCUT2D eigenvalue weighted by Crippen LogP contribution is 2.52. The average molecular weight is 439 g/mol. The quantitative estimate of drug-likeness (QED) is 0.655. The maximum atomic E-state index is 13.2. The van der Waals surface area contributed by atoms with E-state index in [1.54, 1.807) is 32.1 Å². The molecule has 4 heterocycles. The molecule has 1 aromatic heterocycles. The molecule has 2 aromatic rings. The van der Waals surface area contributed by atoms with Crippen molar-refractivity contribution in [3.05, 3.63) is 47.7 Å². The molecule has 0 saturated carbocycles. The van der Waals surface area contributed by atoms with Gasteiger partial charge in [-0.15, -0.1) is 0 Å². The first-order valence-corrected chi connectivity index (χ1v) is 10.6. The van der Waals surface area contributed by atoms with Gasteiger partial charge in [0.25, 0.3) is 0 Å². The number of ether oxygens (including phenoxy) is 3. The molecule has 32 heavy (non-hydrogen) atoms. The molecule has 2 fully saturated rings. The summed E-state index contributed by atoms with van der Waals surface area (Å²) in [5.74, 6) is 0.875. The van der Waals surface area contributed by atoms with Crippen molar-refractivity contribution in [2.75, 3.05) is 32.2 Å². The minimum Gasteiger partial charge on any atom is -0.493 e. The van der Waals surface area contributed by atoms with E-state index in [9.17, 15) is 9.59 Å². The molecule has 2 amide bonds. The maximum absolute atomic E-state index is 13.2. The number of nitrogens with zero attached hydrogens (tertiary/aromatic N) is 2. The Morgan fingerprint density at radius 2 is 2.09 bits per heavy atom. The van der Waals surface area contributed by atoms with Gasteiger partial charge in [-0.2, -0.15) is 0 Å². The molecule has 0 radical (unpaired) electrons. The molecule has 1 spiro atoms. The van der Waals surface area contributed by atoms with Crippen molar-refractivity contribution >= 4 is 17.6 Å². The van der Waals surface area contributed by atoms with Crippen LogP contribution in [0.2, 0.25) is 0 Å². The lowest BCUT2D eigenvalue weighted by atomic mass is 9.77. The van der Waals surface area contributed by atoms with Gasteiger partial charge in [0.15, 0.2) is 17.3 Å². The van der Waals surface area contributed by atoms with Gasteiger partial charge in [0, 0.05) is 12.6 Å². The van der Waals surface area contributed by atoms with Crippen LogP contribution in [-0.4, -0.2) is 56.0 Å². The van der Waals surface area contributed by atoms with E-state index in [4.69, 9.17) is 18.7 Å². The van der Waals surface area contributed by atoms with Crippen LogP contribution in [0.25, 0.3) is 0 Å². The lowest BCUT2D eigenvalue weighted by molar-refractivity contribution is -0.131. The summed E-state index contributed by atoms with van der Waals surface area (Å²) in [6.07, 6.45) is 4.03. The number of carbonyl (C=O) groups excluding carboxylic acids is 2. The highest BCUT2D eigenvalue weighted by Gasteiger charge is 2.67. The summed E-state index contributed by atoms with van der Waals surface area (Å²) in [4.78, 5) is 27.9. The Labute approximate surface area is 185 Å². The number of hydrogen-bond acceptors (Lipinski definition) is 7. The van der Waals surface area contributed by atoms with Gasteiger partial charge in [0.05, 0.1) is 38.7 Å². The molecule has 3 aliphatic rings. The molecule has 0 unspecified atom stereocenters. The predicted octanol–water partition coefficient (Wildman–Crippen LogP) is 1.65. The Morgan fingerprint density at radius 3 is 2.81 bits per heavy atom. The second kappa shape index (κ2) is 7.67. The van der Waals surface area contributed by atoms with E-state index in [1.807, 2.05) is 30.4 Å². The zero-order valence-corrected chi connectivity index (χ0v) is 18.2. The monoisotopic (exact) mass is 439 g/mol. The van der Waals surface area contributed by atoms with Crippen LogP contribution in [-0.2, 0) is 20.7 Å². The lowest BCUT2D eigenvalue weighted by Gasteiger charge is -2.23. The van der Waals surface area contributed by atoms with Crippen molar-refractivity contribution in [1.82, 2.24) is 10.5 Å². The largest absolute Gasteiger partial charge is 0.493 e. The highest BCUT2D eigenvalue weighted by atomic mass is 16.5. The second-order valence-corrected chi connectivity index (χ2v) is 8.35. The number of aryl methyl sites for hydroxylation is 1. The van der Waals surface area contributed by atoms with Crippen LogP contribution in [0.15, 0.2) is 40.9 Å². The molecule has 4 atom stereocenters. The topological polar surface area (TPSA) is 103 Å². The van der Waals surface area contributed by atoms with E-state index in [1.165, 1.54) is 0 Å². The minimum atomic E-state index is -0.792. The smallest absolute Gasteiger partial charge is 0.235 e. The summed E-state index contributed by atoms with van der Waals surface area (Å²) in [5.41, 5.74) is 0.216. The maximum Gasteiger partial charge on any atom is 0.235 e. The number of nitrogens with one attached hydrogen (secondary N) is 1. The number of methoxy groups -OCH3 is 2. The van der Waals surface area contributed by atoms with Gasteiger partial charge in [-0.05, 0) is 31.0 Å². The number of amides is 2. The number of carbonyl (C=O) groups is 2. The van der Waals surface area contributed by atoms with Crippen molar-refractivity contribution in [3.63, 3.8) is 0 Å². The number of rotatable bonds is 7. The van der Waals surface area contributed by atoms with E-state index < -0.39 is 23.5 Å². The Bertz CT molecular complexity index is 1100. The predicted molar refractivity (Wildman–Crippen MR) is 114 cm³/mol. The third-order valence-electron chi connectivity index (χ3n) is 6.46. The first-order chi connectivity index (χ1) is 15.5. The molecule has 1 N–H and O–H groups in total. The van der Waals surface area contributed by atoms with E-state index in [0.717, 1.165) is 5.56 Å². The van der Waals surface area contributed by atoms with E-state index in [0.29, 0.717) is 42.6 Å². The molecular formula is C23H25N3O6. The van der Waals surface area contributed by atoms with Crippen LogP contribution in [0.4, 0.5) is 5.82 Å². The van der Waals surface area contributed by atoms with Crippen molar-refractivity contribution in [2.45, 2.75) is 25.0 Å². The molecule has 3 aliphatic heterocycles. The summed E-state index contributed by atoms with van der Waals surface area (Å²) in [6, 6.07) is 7.38. The lowest BCUT2D eigenvalue weighted by Crippen LogP contribution is -2.44. The molecule has 9 nitrogen and oxygen atoms in total. The van der Waals surface area contributed by atoms with Crippen LogP contribution in [0.5, 0.6) is 11.5 Å². The summed E-state index contributed by atoms with van der Waals surface area (Å²) in [7, 11) is 3.18. The number of anilines is 1. The molecule has 5 rings (SSSR count). The van der Waals surface area contributed by atoms with Gasteiger partial charge in [0.1, 0.15) is 11.4 Å². The number of fused-ring (bicyclic) bond motifs is 1. The van der Waals surface area contributed by atoms with Crippen LogP contribution < -0.4 is 19.7 Å². The van der Waals surface area contributed by atoms with Crippen LogP contribution in [0.3, 0.4) is 0 Å². The van der Waals surface area contributed by atoms with Crippen LogP contribution >= 0.6 is 0 Å².